The highest BCUT2D eigenvalue weighted by molar-refractivity contribution is 5.17. The third-order valence-corrected chi connectivity index (χ3v) is 6.05. The Balaban J connectivity index is 1.37. The molecular weight excluding hydrogens is 196 g/mol. The molecule has 6 atom stereocenters. The van der Waals surface area contributed by atoms with Gasteiger partial charge in [-0.05, 0) is 63.3 Å². The van der Waals surface area contributed by atoms with Crippen molar-refractivity contribution in [2.45, 2.75) is 50.7 Å². The van der Waals surface area contributed by atoms with Gasteiger partial charge in [0.05, 0.1) is 0 Å². The van der Waals surface area contributed by atoms with Crippen molar-refractivity contribution in [3.05, 3.63) is 0 Å². The first-order valence-corrected chi connectivity index (χ1v) is 7.20. The highest BCUT2D eigenvalue weighted by atomic mass is 15.2. The molecule has 0 aromatic rings. The SMILES string of the molecule is CC1CC(NC2C3C4CCC(C4)C23)CN1C. The van der Waals surface area contributed by atoms with Gasteiger partial charge in [0.15, 0.2) is 0 Å². The molecule has 0 radical (unpaired) electrons. The fourth-order valence-electron chi connectivity index (χ4n) is 5.13. The Morgan fingerprint density at radius 1 is 1.06 bits per heavy atom. The summed E-state index contributed by atoms with van der Waals surface area (Å²) in [6, 6.07) is 2.50. The van der Waals surface area contributed by atoms with E-state index in [0.29, 0.717) is 0 Å². The van der Waals surface area contributed by atoms with Gasteiger partial charge in [-0.1, -0.05) is 0 Å². The quantitative estimate of drug-likeness (QED) is 0.762. The average Bonchev–Trinajstić information content (AvgIpc) is 2.64. The van der Waals surface area contributed by atoms with Crippen molar-refractivity contribution in [1.82, 2.24) is 10.2 Å². The lowest BCUT2D eigenvalue weighted by molar-refractivity contribution is 0.324. The molecule has 0 aromatic heterocycles. The number of hydrogen-bond donors (Lipinski definition) is 1. The number of hydrogen-bond acceptors (Lipinski definition) is 2. The number of nitrogens with zero attached hydrogens (tertiary/aromatic N) is 1. The van der Waals surface area contributed by atoms with Gasteiger partial charge in [0.1, 0.15) is 0 Å². The van der Waals surface area contributed by atoms with E-state index in [2.05, 4.69) is 24.2 Å². The molecule has 4 fully saturated rings. The third kappa shape index (κ3) is 1.26. The van der Waals surface area contributed by atoms with Gasteiger partial charge in [0.2, 0.25) is 0 Å². The first-order chi connectivity index (χ1) is 7.74. The molecule has 0 spiro atoms. The Bertz CT molecular complexity index is 277. The van der Waals surface area contributed by atoms with Crippen LogP contribution in [0.1, 0.15) is 32.6 Å². The second-order valence-electron chi connectivity index (χ2n) is 6.90. The van der Waals surface area contributed by atoms with Crippen LogP contribution in [0.5, 0.6) is 0 Å². The number of likely N-dealkylation sites (tertiary alicyclic amines) is 1. The maximum absolute atomic E-state index is 3.97. The van der Waals surface area contributed by atoms with Crippen LogP contribution in [-0.2, 0) is 0 Å². The first-order valence-electron chi connectivity index (χ1n) is 7.20. The van der Waals surface area contributed by atoms with Crippen LogP contribution < -0.4 is 5.32 Å². The summed E-state index contributed by atoms with van der Waals surface area (Å²) in [5.74, 6) is 4.42. The predicted octanol–water partition coefficient (Wildman–Crippen LogP) is 1.71. The van der Waals surface area contributed by atoms with Crippen LogP contribution in [0, 0.1) is 23.7 Å². The van der Waals surface area contributed by atoms with E-state index >= 15 is 0 Å². The van der Waals surface area contributed by atoms with Gasteiger partial charge in [0, 0.05) is 24.7 Å². The zero-order valence-electron chi connectivity index (χ0n) is 10.5. The second kappa shape index (κ2) is 3.23. The van der Waals surface area contributed by atoms with Crippen LogP contribution in [0.25, 0.3) is 0 Å². The van der Waals surface area contributed by atoms with Gasteiger partial charge in [-0.2, -0.15) is 0 Å². The van der Waals surface area contributed by atoms with Crippen LogP contribution in [0.2, 0.25) is 0 Å². The molecule has 2 nitrogen and oxygen atoms in total. The standard InChI is InChI=1S/C14H24N2/c1-8-5-11(7-16(8)2)15-14-12-9-3-4-10(6-9)13(12)14/h8-15H,3-7H2,1-2H3. The number of likely N-dealkylation sites (N-methyl/N-ethyl adjacent to an activating group) is 1. The number of nitrogens with one attached hydrogen (secondary N) is 1. The topological polar surface area (TPSA) is 15.3 Å². The predicted molar refractivity (Wildman–Crippen MR) is 65.2 cm³/mol. The highest BCUT2D eigenvalue weighted by Crippen LogP contribution is 2.65. The Morgan fingerprint density at radius 3 is 2.31 bits per heavy atom. The minimum atomic E-state index is 0.785. The van der Waals surface area contributed by atoms with Crippen molar-refractivity contribution in [3.8, 4) is 0 Å². The maximum atomic E-state index is 3.97. The van der Waals surface area contributed by atoms with E-state index < -0.39 is 0 Å². The van der Waals surface area contributed by atoms with Gasteiger partial charge in [-0.3, -0.25) is 0 Å². The summed E-state index contributed by atoms with van der Waals surface area (Å²) in [6.45, 7) is 3.63. The van der Waals surface area contributed by atoms with E-state index in [1.54, 1.807) is 19.3 Å². The maximum Gasteiger partial charge on any atom is 0.0212 e. The average molecular weight is 220 g/mol. The smallest absolute Gasteiger partial charge is 0.0212 e. The van der Waals surface area contributed by atoms with Crippen LogP contribution in [0.4, 0.5) is 0 Å². The molecule has 1 heterocycles. The first kappa shape index (κ1) is 9.90. The molecule has 4 rings (SSSR count). The molecule has 0 aromatic carbocycles. The fraction of sp³-hybridized carbons (Fsp3) is 1.00. The van der Waals surface area contributed by atoms with Crippen molar-refractivity contribution in [3.63, 3.8) is 0 Å². The molecule has 3 saturated carbocycles. The number of rotatable bonds is 2. The fourth-order valence-corrected chi connectivity index (χ4v) is 5.13. The highest BCUT2D eigenvalue weighted by Gasteiger charge is 2.65. The van der Waals surface area contributed by atoms with Crippen LogP contribution in [0.15, 0.2) is 0 Å². The molecule has 6 unspecified atom stereocenters. The summed E-state index contributed by atoms with van der Waals surface area (Å²) < 4.78 is 0. The number of fused-ring (bicyclic) bond motifs is 5. The molecule has 1 aliphatic heterocycles. The molecule has 2 heteroatoms. The van der Waals surface area contributed by atoms with Gasteiger partial charge in [-0.15, -0.1) is 0 Å². The van der Waals surface area contributed by atoms with Crippen molar-refractivity contribution in [1.29, 1.82) is 0 Å². The third-order valence-electron chi connectivity index (χ3n) is 6.05. The Morgan fingerprint density at radius 2 is 1.75 bits per heavy atom. The summed E-state index contributed by atoms with van der Waals surface area (Å²) >= 11 is 0. The minimum Gasteiger partial charge on any atom is -0.309 e. The van der Waals surface area contributed by atoms with Crippen molar-refractivity contribution < 1.29 is 0 Å². The summed E-state index contributed by atoms with van der Waals surface area (Å²) in [7, 11) is 2.27. The normalized spacial score (nSPS) is 59.2. The Labute approximate surface area is 98.8 Å². The van der Waals surface area contributed by atoms with E-state index in [9.17, 15) is 0 Å². The molecule has 1 N–H and O–H groups in total. The lowest BCUT2D eigenvalue weighted by atomic mass is 10.0. The van der Waals surface area contributed by atoms with Crippen LogP contribution in [0.3, 0.4) is 0 Å². The molecule has 2 bridgehead atoms. The van der Waals surface area contributed by atoms with E-state index in [-0.39, 0.29) is 0 Å². The molecule has 3 aliphatic carbocycles. The van der Waals surface area contributed by atoms with Gasteiger partial charge >= 0.3 is 0 Å². The van der Waals surface area contributed by atoms with E-state index in [1.807, 2.05) is 0 Å². The zero-order chi connectivity index (χ0) is 10.9. The molecule has 1 saturated heterocycles. The Kier molecular flexibility index (Phi) is 2.00. The van der Waals surface area contributed by atoms with Crippen molar-refractivity contribution in [2.75, 3.05) is 13.6 Å². The summed E-state index contributed by atoms with van der Waals surface area (Å²) in [5, 5.41) is 3.97. The van der Waals surface area contributed by atoms with Crippen LogP contribution in [-0.4, -0.2) is 36.6 Å². The lowest BCUT2D eigenvalue weighted by Gasteiger charge is -2.16. The Hall–Kier alpha value is -0.0800. The van der Waals surface area contributed by atoms with Crippen molar-refractivity contribution in [2.24, 2.45) is 23.7 Å². The molecular formula is C14H24N2. The summed E-state index contributed by atoms with van der Waals surface area (Å²) in [5.41, 5.74) is 0. The second-order valence-corrected chi connectivity index (χ2v) is 6.90. The molecule has 16 heavy (non-hydrogen) atoms. The summed E-state index contributed by atoms with van der Waals surface area (Å²) in [4.78, 5) is 2.50. The van der Waals surface area contributed by atoms with Crippen LogP contribution >= 0.6 is 0 Å². The van der Waals surface area contributed by atoms with Crippen molar-refractivity contribution >= 4 is 0 Å². The zero-order valence-corrected chi connectivity index (χ0v) is 10.5. The van der Waals surface area contributed by atoms with E-state index in [4.69, 9.17) is 0 Å². The van der Waals surface area contributed by atoms with E-state index in [1.165, 1.54) is 13.0 Å². The monoisotopic (exact) mass is 220 g/mol. The van der Waals surface area contributed by atoms with Gasteiger partial charge in [0.25, 0.3) is 0 Å². The molecule has 0 amide bonds. The van der Waals surface area contributed by atoms with Gasteiger partial charge < -0.3 is 10.2 Å². The van der Waals surface area contributed by atoms with Gasteiger partial charge in [-0.25, -0.2) is 0 Å². The lowest BCUT2D eigenvalue weighted by Crippen LogP contribution is -2.35. The molecule has 90 valence electrons. The summed E-state index contributed by atoms with van der Waals surface area (Å²) in [6.07, 6.45) is 6.03. The van der Waals surface area contributed by atoms with E-state index in [0.717, 1.165) is 41.8 Å². The molecule has 4 aliphatic rings. The largest absolute Gasteiger partial charge is 0.309 e. The minimum absolute atomic E-state index is 0.785.